The number of thioether (sulfide) groups is 1. The minimum absolute atomic E-state index is 0.141. The van der Waals surface area contributed by atoms with Crippen LogP contribution >= 0.6 is 23.7 Å². The molecule has 2 aromatic rings. The van der Waals surface area contributed by atoms with Gasteiger partial charge in [0, 0.05) is 28.9 Å². The molecule has 11 heteroatoms. The first-order valence-electron chi connectivity index (χ1n) is 10.7. The summed E-state index contributed by atoms with van der Waals surface area (Å²) in [6, 6.07) is 4.08. The molecule has 2 saturated heterocycles. The van der Waals surface area contributed by atoms with Crippen LogP contribution in [0.1, 0.15) is 38.3 Å². The van der Waals surface area contributed by atoms with Gasteiger partial charge in [0.05, 0.1) is 18.7 Å². The summed E-state index contributed by atoms with van der Waals surface area (Å²) in [6.07, 6.45) is 3.18. The van der Waals surface area contributed by atoms with Crippen LogP contribution in [0.15, 0.2) is 23.4 Å². The lowest BCUT2D eigenvalue weighted by atomic mass is 9.77. The number of alkyl halides is 2. The van der Waals surface area contributed by atoms with Gasteiger partial charge in [-0.25, -0.2) is 13.8 Å². The predicted octanol–water partition coefficient (Wildman–Crippen LogP) is 4.40. The Labute approximate surface area is 193 Å². The maximum absolute atomic E-state index is 12.8. The number of halogens is 2. The number of anilines is 1. The van der Waals surface area contributed by atoms with Gasteiger partial charge in [0.1, 0.15) is 27.9 Å². The van der Waals surface area contributed by atoms with Gasteiger partial charge in [-0.3, -0.25) is 19.9 Å². The maximum Gasteiger partial charge on any atom is 0.285 e. The fourth-order valence-electron chi connectivity index (χ4n) is 4.09. The van der Waals surface area contributed by atoms with E-state index < -0.39 is 11.5 Å². The Balaban J connectivity index is 1.46. The number of fused-ring (bicyclic) bond motifs is 1. The highest BCUT2D eigenvalue weighted by molar-refractivity contribution is 8.26. The zero-order valence-corrected chi connectivity index (χ0v) is 19.4. The Morgan fingerprint density at radius 1 is 1.19 bits per heavy atom. The molecule has 3 fully saturated rings. The molecule has 0 aromatic carbocycles. The molecule has 0 radical (unpaired) electrons. The Bertz CT molecular complexity index is 1060. The molecule has 0 atom stereocenters. The number of nitrogens with one attached hydrogen (secondary N) is 3. The number of aromatic nitrogens is 2. The second kappa shape index (κ2) is 8.27. The molecule has 5 rings (SSSR count). The highest BCUT2D eigenvalue weighted by Gasteiger charge is 2.41. The molecule has 1 aliphatic carbocycles. The lowest BCUT2D eigenvalue weighted by molar-refractivity contribution is -0.124. The number of pyridine rings is 1. The van der Waals surface area contributed by atoms with Crippen molar-refractivity contribution in [1.29, 1.82) is 10.8 Å². The summed E-state index contributed by atoms with van der Waals surface area (Å²) in [5.41, 5.74) is 1.48. The first kappa shape index (κ1) is 22.1. The Hall–Kier alpha value is -1.69. The molecule has 0 unspecified atom stereocenters. The zero-order valence-electron chi connectivity index (χ0n) is 17.8. The minimum Gasteiger partial charge on any atom is -0.380 e. The third-order valence-electron chi connectivity index (χ3n) is 6.61. The van der Waals surface area contributed by atoms with E-state index in [2.05, 4.69) is 27.6 Å². The van der Waals surface area contributed by atoms with Gasteiger partial charge in [0.15, 0.2) is 0 Å². The summed E-state index contributed by atoms with van der Waals surface area (Å²) in [6.45, 7) is 5.69. The number of imidazole rings is 1. The van der Waals surface area contributed by atoms with Crippen LogP contribution in [-0.4, -0.2) is 57.7 Å². The molecule has 2 aliphatic heterocycles. The molecule has 32 heavy (non-hydrogen) atoms. The van der Waals surface area contributed by atoms with Crippen molar-refractivity contribution in [3.05, 3.63) is 24.2 Å². The van der Waals surface area contributed by atoms with E-state index in [-0.39, 0.29) is 10.6 Å². The molecule has 1 spiro atoms. The average molecular weight is 481 g/mol. The van der Waals surface area contributed by atoms with E-state index in [4.69, 9.17) is 15.6 Å². The van der Waals surface area contributed by atoms with Crippen LogP contribution in [0, 0.1) is 16.2 Å². The van der Waals surface area contributed by atoms with Crippen LogP contribution in [0.25, 0.3) is 5.52 Å². The summed E-state index contributed by atoms with van der Waals surface area (Å²) in [7, 11) is 0. The van der Waals surface area contributed by atoms with Crippen LogP contribution in [0.5, 0.6) is 0 Å². The van der Waals surface area contributed by atoms with Crippen molar-refractivity contribution in [2.75, 3.05) is 31.2 Å². The predicted molar refractivity (Wildman–Crippen MR) is 125 cm³/mol. The quantitative estimate of drug-likeness (QED) is 0.323. The largest absolute Gasteiger partial charge is 0.380 e. The van der Waals surface area contributed by atoms with Gasteiger partial charge in [-0.15, -0.1) is 0 Å². The molecule has 2 aromatic heterocycles. The molecule has 3 aliphatic rings. The van der Waals surface area contributed by atoms with E-state index in [0.717, 1.165) is 62.7 Å². The van der Waals surface area contributed by atoms with Gasteiger partial charge < -0.3 is 9.64 Å². The second-order valence-corrected chi connectivity index (χ2v) is 11.2. The van der Waals surface area contributed by atoms with Crippen molar-refractivity contribution < 1.29 is 13.5 Å². The van der Waals surface area contributed by atoms with Gasteiger partial charge in [0.25, 0.3) is 6.43 Å². The Kier molecular flexibility index (Phi) is 5.71. The standard InChI is InChI=1S/C21H26F2N6OS2/c1-20(2-3-20)27-32-13-8-14-16(18(24)31-19(25)17(22)23)26-12-29(14)15(9-13)28-6-4-21(5-7-28)10-30-11-21/h8-9,12,17,24-25,27H,2-7,10-11H2,1H3. The number of hydrogen-bond acceptors (Lipinski definition) is 8. The molecule has 4 heterocycles. The van der Waals surface area contributed by atoms with Crippen LogP contribution in [0.4, 0.5) is 14.6 Å². The van der Waals surface area contributed by atoms with Crippen LogP contribution in [-0.2, 0) is 4.74 Å². The number of rotatable bonds is 6. The summed E-state index contributed by atoms with van der Waals surface area (Å²) in [5, 5.41) is 14.8. The van der Waals surface area contributed by atoms with E-state index in [1.165, 1.54) is 0 Å². The molecule has 7 nitrogen and oxygen atoms in total. The topological polar surface area (TPSA) is 89.5 Å². The van der Waals surface area contributed by atoms with Crippen LogP contribution in [0.2, 0.25) is 0 Å². The third kappa shape index (κ3) is 4.27. The van der Waals surface area contributed by atoms with Crippen molar-refractivity contribution in [3.8, 4) is 0 Å². The van der Waals surface area contributed by atoms with Crippen molar-refractivity contribution in [2.24, 2.45) is 5.41 Å². The average Bonchev–Trinajstić information content (AvgIpc) is 3.33. The summed E-state index contributed by atoms with van der Waals surface area (Å²) >= 11 is 2.02. The normalized spacial score (nSPS) is 21.2. The Morgan fingerprint density at radius 3 is 2.50 bits per heavy atom. The van der Waals surface area contributed by atoms with E-state index >= 15 is 0 Å². The molecule has 1 saturated carbocycles. The van der Waals surface area contributed by atoms with E-state index in [1.807, 2.05) is 10.5 Å². The SMILES string of the molecule is CC1(NSc2cc(N3CCC4(CC3)COC4)n3cnc(C(=N)SC(=N)C(F)F)c3c2)CC1. The zero-order chi connectivity index (χ0) is 22.5. The van der Waals surface area contributed by atoms with Crippen molar-refractivity contribution in [2.45, 2.75) is 49.5 Å². The number of hydrogen-bond donors (Lipinski definition) is 3. The number of piperidine rings is 1. The molecular formula is C21H26F2N6OS2. The van der Waals surface area contributed by atoms with Crippen molar-refractivity contribution in [3.63, 3.8) is 0 Å². The number of ether oxygens (including phenoxy) is 1. The number of nitrogens with zero attached hydrogens (tertiary/aromatic N) is 3. The fourth-order valence-corrected chi connectivity index (χ4v) is 5.56. The molecule has 172 valence electrons. The molecule has 0 bridgehead atoms. The van der Waals surface area contributed by atoms with E-state index in [9.17, 15) is 8.78 Å². The first-order chi connectivity index (χ1) is 15.3. The highest BCUT2D eigenvalue weighted by Crippen LogP contribution is 2.41. The fraction of sp³-hybridized carbons (Fsp3) is 0.571. The monoisotopic (exact) mass is 480 g/mol. The smallest absolute Gasteiger partial charge is 0.285 e. The third-order valence-corrected chi connectivity index (χ3v) is 8.47. The summed E-state index contributed by atoms with van der Waals surface area (Å²) in [4.78, 5) is 7.71. The van der Waals surface area contributed by atoms with Gasteiger partial charge in [-0.1, -0.05) is 0 Å². The molecule has 3 N–H and O–H groups in total. The summed E-state index contributed by atoms with van der Waals surface area (Å²) < 4.78 is 36.6. The van der Waals surface area contributed by atoms with E-state index in [1.54, 1.807) is 18.3 Å². The first-order valence-corrected chi connectivity index (χ1v) is 12.3. The van der Waals surface area contributed by atoms with Crippen LogP contribution in [0.3, 0.4) is 0 Å². The highest BCUT2D eigenvalue weighted by atomic mass is 32.2. The van der Waals surface area contributed by atoms with Gasteiger partial charge in [-0.2, -0.15) is 0 Å². The van der Waals surface area contributed by atoms with Gasteiger partial charge in [0.2, 0.25) is 0 Å². The minimum atomic E-state index is -2.89. The lowest BCUT2D eigenvalue weighted by Gasteiger charge is -2.47. The van der Waals surface area contributed by atoms with Gasteiger partial charge >= 0.3 is 0 Å². The summed E-state index contributed by atoms with van der Waals surface area (Å²) in [5.74, 6) is 0.989. The van der Waals surface area contributed by atoms with Gasteiger partial charge in [-0.05, 0) is 68.4 Å². The van der Waals surface area contributed by atoms with E-state index in [0.29, 0.717) is 28.4 Å². The van der Waals surface area contributed by atoms with Crippen LogP contribution < -0.4 is 9.62 Å². The molecular weight excluding hydrogens is 454 g/mol. The lowest BCUT2D eigenvalue weighted by Crippen LogP contribution is -2.51. The van der Waals surface area contributed by atoms with Crippen molar-refractivity contribution >= 4 is 45.1 Å². The molecule has 0 amide bonds. The second-order valence-electron chi connectivity index (χ2n) is 9.24. The Morgan fingerprint density at radius 2 is 1.91 bits per heavy atom. The van der Waals surface area contributed by atoms with Crippen molar-refractivity contribution in [1.82, 2.24) is 14.1 Å². The maximum atomic E-state index is 12.8.